The number of amides is 2. The van der Waals surface area contributed by atoms with Gasteiger partial charge >= 0.3 is 6.03 Å². The van der Waals surface area contributed by atoms with Crippen molar-refractivity contribution in [2.24, 2.45) is 5.92 Å². The average molecular weight is 333 g/mol. The number of rotatable bonds is 3. The van der Waals surface area contributed by atoms with Crippen LogP contribution >= 0.6 is 24.0 Å². The van der Waals surface area contributed by atoms with Gasteiger partial charge in [-0.15, -0.1) is 12.4 Å². The quantitative estimate of drug-likeness (QED) is 0.506. The molecule has 0 bridgehead atoms. The lowest BCUT2D eigenvalue weighted by molar-refractivity contribution is 0.247. The van der Waals surface area contributed by atoms with Crippen LogP contribution in [-0.4, -0.2) is 30.7 Å². The standard InChI is InChI=1S/C13H17ClN4O2.ClH/c1-16-13(20)17-12(15)18(7-8-2-3-8)11-5-4-9(19)6-10(11)14;/h4-6,8,19H,2-3,7H2,1H3,(H3,15,16,17,20);1H. The normalized spacial score (nSPS) is 13.0. The first kappa shape index (κ1) is 17.4. The number of aromatic hydroxyl groups is 1. The zero-order valence-electron chi connectivity index (χ0n) is 11.5. The summed E-state index contributed by atoms with van der Waals surface area (Å²) in [6.07, 6.45) is 2.22. The summed E-state index contributed by atoms with van der Waals surface area (Å²) in [4.78, 5) is 13.0. The molecule has 0 atom stereocenters. The Balaban J connectivity index is 0.00000220. The Hall–Kier alpha value is -1.66. The molecule has 2 amide bonds. The van der Waals surface area contributed by atoms with Crippen molar-refractivity contribution in [3.05, 3.63) is 23.2 Å². The number of carbonyl (C=O) groups excluding carboxylic acids is 1. The highest BCUT2D eigenvalue weighted by Gasteiger charge is 2.28. The zero-order chi connectivity index (χ0) is 14.7. The fourth-order valence-electron chi connectivity index (χ4n) is 1.82. The third-order valence-electron chi connectivity index (χ3n) is 3.09. The molecule has 6 nitrogen and oxygen atoms in total. The molecule has 0 aliphatic heterocycles. The number of carbonyl (C=O) groups is 1. The van der Waals surface area contributed by atoms with Gasteiger partial charge in [0, 0.05) is 19.7 Å². The van der Waals surface area contributed by atoms with Gasteiger partial charge in [-0.2, -0.15) is 0 Å². The van der Waals surface area contributed by atoms with Gasteiger partial charge in [-0.3, -0.25) is 10.7 Å². The van der Waals surface area contributed by atoms with Gasteiger partial charge in [0.25, 0.3) is 0 Å². The Kier molecular flexibility index (Phi) is 6.11. The van der Waals surface area contributed by atoms with E-state index in [1.165, 1.54) is 19.2 Å². The fraction of sp³-hybridized carbons (Fsp3) is 0.385. The minimum Gasteiger partial charge on any atom is -0.508 e. The number of urea groups is 1. The average Bonchev–Trinajstić information content (AvgIpc) is 3.20. The Morgan fingerprint density at radius 3 is 2.71 bits per heavy atom. The second-order valence-corrected chi connectivity index (χ2v) is 5.15. The second-order valence-electron chi connectivity index (χ2n) is 4.74. The smallest absolute Gasteiger partial charge is 0.321 e. The summed E-state index contributed by atoms with van der Waals surface area (Å²) in [5, 5.41) is 22.6. The number of anilines is 1. The molecule has 116 valence electrons. The van der Waals surface area contributed by atoms with Crippen molar-refractivity contribution < 1.29 is 9.90 Å². The predicted octanol–water partition coefficient (Wildman–Crippen LogP) is 2.55. The van der Waals surface area contributed by atoms with E-state index in [9.17, 15) is 9.90 Å². The highest BCUT2D eigenvalue weighted by Crippen LogP contribution is 2.35. The lowest BCUT2D eigenvalue weighted by atomic mass is 10.2. The summed E-state index contributed by atoms with van der Waals surface area (Å²) in [7, 11) is 1.49. The number of phenols is 1. The molecule has 1 aliphatic rings. The molecule has 1 aliphatic carbocycles. The highest BCUT2D eigenvalue weighted by atomic mass is 35.5. The number of halogens is 2. The molecular formula is C13H18Cl2N4O2. The van der Waals surface area contributed by atoms with E-state index in [2.05, 4.69) is 10.6 Å². The first-order valence-corrected chi connectivity index (χ1v) is 6.72. The molecule has 1 aromatic rings. The van der Waals surface area contributed by atoms with Crippen molar-refractivity contribution in [3.8, 4) is 5.75 Å². The molecule has 0 unspecified atom stereocenters. The van der Waals surface area contributed by atoms with Crippen molar-refractivity contribution in [2.45, 2.75) is 12.8 Å². The summed E-state index contributed by atoms with van der Waals surface area (Å²) >= 11 is 6.12. The van der Waals surface area contributed by atoms with E-state index in [0.717, 1.165) is 12.8 Å². The molecule has 0 spiro atoms. The van der Waals surface area contributed by atoms with Gasteiger partial charge in [-0.25, -0.2) is 4.79 Å². The Morgan fingerprint density at radius 1 is 1.52 bits per heavy atom. The fourth-order valence-corrected chi connectivity index (χ4v) is 2.10. The third kappa shape index (κ3) is 4.68. The number of guanidine groups is 1. The minimum atomic E-state index is -0.453. The Labute approximate surface area is 134 Å². The van der Waals surface area contributed by atoms with Crippen LogP contribution in [0.5, 0.6) is 5.75 Å². The largest absolute Gasteiger partial charge is 0.508 e. The lowest BCUT2D eigenvalue weighted by Crippen LogP contribution is -2.47. The van der Waals surface area contributed by atoms with E-state index in [-0.39, 0.29) is 24.1 Å². The molecule has 8 heteroatoms. The van der Waals surface area contributed by atoms with Crippen molar-refractivity contribution in [1.82, 2.24) is 10.6 Å². The lowest BCUT2D eigenvalue weighted by Gasteiger charge is -2.26. The molecule has 2 rings (SSSR count). The molecule has 0 radical (unpaired) electrons. The van der Waals surface area contributed by atoms with Crippen molar-refractivity contribution >= 4 is 41.7 Å². The second kappa shape index (κ2) is 7.38. The van der Waals surface area contributed by atoms with Gasteiger partial charge in [0.05, 0.1) is 10.7 Å². The topological polar surface area (TPSA) is 88.5 Å². The number of phenolic OH excluding ortho intramolecular Hbond substituents is 1. The zero-order valence-corrected chi connectivity index (χ0v) is 13.1. The number of nitrogens with zero attached hydrogens (tertiary/aromatic N) is 1. The molecule has 21 heavy (non-hydrogen) atoms. The minimum absolute atomic E-state index is 0. The van der Waals surface area contributed by atoms with Gasteiger partial charge in [-0.05, 0) is 30.9 Å². The van der Waals surface area contributed by atoms with E-state index in [1.54, 1.807) is 11.0 Å². The van der Waals surface area contributed by atoms with Crippen LogP contribution in [0.1, 0.15) is 12.8 Å². The number of hydrogen-bond acceptors (Lipinski definition) is 3. The van der Waals surface area contributed by atoms with Crippen molar-refractivity contribution in [3.63, 3.8) is 0 Å². The van der Waals surface area contributed by atoms with Crippen LogP contribution in [0.4, 0.5) is 10.5 Å². The Morgan fingerprint density at radius 2 is 2.19 bits per heavy atom. The van der Waals surface area contributed by atoms with Gasteiger partial charge in [0.1, 0.15) is 5.75 Å². The van der Waals surface area contributed by atoms with E-state index >= 15 is 0 Å². The highest BCUT2D eigenvalue weighted by molar-refractivity contribution is 6.34. The van der Waals surface area contributed by atoms with Crippen LogP contribution in [0.15, 0.2) is 18.2 Å². The molecule has 1 aromatic carbocycles. The first-order valence-electron chi connectivity index (χ1n) is 6.34. The van der Waals surface area contributed by atoms with Gasteiger partial charge < -0.3 is 15.3 Å². The SMILES string of the molecule is CNC(=O)NC(=N)N(CC1CC1)c1ccc(O)cc1Cl.Cl. The van der Waals surface area contributed by atoms with E-state index < -0.39 is 6.03 Å². The summed E-state index contributed by atoms with van der Waals surface area (Å²) in [6.45, 7) is 0.618. The van der Waals surface area contributed by atoms with Gasteiger partial charge in [0.2, 0.25) is 5.96 Å². The number of benzene rings is 1. The van der Waals surface area contributed by atoms with E-state index in [4.69, 9.17) is 17.0 Å². The van der Waals surface area contributed by atoms with Crippen LogP contribution in [0.3, 0.4) is 0 Å². The van der Waals surface area contributed by atoms with Gasteiger partial charge in [0.15, 0.2) is 0 Å². The number of hydrogen-bond donors (Lipinski definition) is 4. The molecule has 4 N–H and O–H groups in total. The Bertz CT molecular complexity index is 535. The van der Waals surface area contributed by atoms with E-state index in [1.807, 2.05) is 0 Å². The molecular weight excluding hydrogens is 315 g/mol. The monoisotopic (exact) mass is 332 g/mol. The van der Waals surface area contributed by atoms with Crippen LogP contribution in [0.25, 0.3) is 0 Å². The van der Waals surface area contributed by atoms with E-state index in [0.29, 0.717) is 23.2 Å². The predicted molar refractivity (Wildman–Crippen MR) is 85.8 cm³/mol. The number of nitrogens with one attached hydrogen (secondary N) is 3. The molecule has 1 saturated carbocycles. The summed E-state index contributed by atoms with van der Waals surface area (Å²) in [6, 6.07) is 4.11. The molecule has 0 aromatic heterocycles. The molecule has 1 fully saturated rings. The summed E-state index contributed by atoms with van der Waals surface area (Å²) in [5.41, 5.74) is 0.595. The maximum absolute atomic E-state index is 11.3. The third-order valence-corrected chi connectivity index (χ3v) is 3.39. The maximum Gasteiger partial charge on any atom is 0.321 e. The summed E-state index contributed by atoms with van der Waals surface area (Å²) in [5.74, 6) is 0.534. The maximum atomic E-state index is 11.3. The first-order chi connectivity index (χ1) is 9.51. The van der Waals surface area contributed by atoms with Crippen LogP contribution in [-0.2, 0) is 0 Å². The van der Waals surface area contributed by atoms with Crippen molar-refractivity contribution in [1.29, 1.82) is 5.41 Å². The van der Waals surface area contributed by atoms with Crippen LogP contribution < -0.4 is 15.5 Å². The molecule has 0 saturated heterocycles. The molecule has 0 heterocycles. The van der Waals surface area contributed by atoms with Crippen LogP contribution in [0.2, 0.25) is 5.02 Å². The summed E-state index contributed by atoms with van der Waals surface area (Å²) < 4.78 is 0. The van der Waals surface area contributed by atoms with Crippen molar-refractivity contribution in [2.75, 3.05) is 18.5 Å². The van der Waals surface area contributed by atoms with Crippen LogP contribution in [0, 0.1) is 11.3 Å². The van der Waals surface area contributed by atoms with Gasteiger partial charge in [-0.1, -0.05) is 11.6 Å².